The number of para-hydroxylation sites is 2. The minimum absolute atomic E-state index is 0.0737. The zero-order valence-electron chi connectivity index (χ0n) is 19.6. The largest absolute Gasteiger partial charge is 0.490 e. The van der Waals surface area contributed by atoms with Crippen LogP contribution in [0.5, 0.6) is 23.0 Å². The van der Waals surface area contributed by atoms with Crippen molar-refractivity contribution >= 4 is 16.9 Å². The Kier molecular flexibility index (Phi) is 6.74. The van der Waals surface area contributed by atoms with Crippen LogP contribution in [0.1, 0.15) is 34.2 Å². The zero-order valence-corrected chi connectivity index (χ0v) is 19.6. The van der Waals surface area contributed by atoms with E-state index in [0.29, 0.717) is 0 Å². The molecule has 1 heterocycles. The first-order chi connectivity index (χ1) is 17.1. The molecule has 186 valence electrons. The van der Waals surface area contributed by atoms with E-state index in [-0.39, 0.29) is 34.8 Å². The second-order valence-corrected chi connectivity index (χ2v) is 7.92. The van der Waals surface area contributed by atoms with E-state index in [1.807, 2.05) is 13.8 Å². The van der Waals surface area contributed by atoms with Gasteiger partial charge in [-0.1, -0.05) is 18.2 Å². The predicted molar refractivity (Wildman–Crippen MR) is 126 cm³/mol. The van der Waals surface area contributed by atoms with Gasteiger partial charge in [0, 0.05) is 6.07 Å². The molecule has 0 radical (unpaired) electrons. The molecule has 6 nitrogen and oxygen atoms in total. The highest BCUT2D eigenvalue weighted by molar-refractivity contribution is 5.92. The van der Waals surface area contributed by atoms with Gasteiger partial charge in [-0.2, -0.15) is 13.2 Å². The van der Waals surface area contributed by atoms with E-state index in [9.17, 15) is 22.8 Å². The first-order valence-corrected chi connectivity index (χ1v) is 11.0. The van der Waals surface area contributed by atoms with E-state index in [1.54, 1.807) is 31.2 Å². The Balaban J connectivity index is 1.75. The van der Waals surface area contributed by atoms with Gasteiger partial charge in [-0.3, -0.25) is 4.79 Å². The van der Waals surface area contributed by atoms with Crippen molar-refractivity contribution in [2.75, 3.05) is 6.61 Å². The maximum absolute atomic E-state index is 13.9. The molecular weight excluding hydrogens is 477 g/mol. The van der Waals surface area contributed by atoms with Gasteiger partial charge in [-0.25, -0.2) is 4.79 Å². The normalized spacial score (nSPS) is 11.4. The molecule has 9 heteroatoms. The van der Waals surface area contributed by atoms with Gasteiger partial charge in [0.05, 0.1) is 17.6 Å². The van der Waals surface area contributed by atoms with Crippen LogP contribution >= 0.6 is 0 Å². The summed E-state index contributed by atoms with van der Waals surface area (Å²) in [5.74, 6) is -3.34. The van der Waals surface area contributed by atoms with Gasteiger partial charge >= 0.3 is 12.1 Å². The molecule has 36 heavy (non-hydrogen) atoms. The molecule has 0 aliphatic rings. The highest BCUT2D eigenvalue weighted by Crippen LogP contribution is 2.40. The Labute approximate surface area is 203 Å². The number of ether oxygens (including phenoxy) is 3. The Bertz CT molecular complexity index is 1500. The number of carbonyl (C=O) groups is 1. The summed E-state index contributed by atoms with van der Waals surface area (Å²) in [7, 11) is 0. The molecule has 0 saturated heterocycles. The molecule has 0 amide bonds. The number of alkyl halides is 3. The van der Waals surface area contributed by atoms with Crippen molar-refractivity contribution in [2.24, 2.45) is 0 Å². The number of rotatable bonds is 6. The third kappa shape index (κ3) is 5.05. The van der Waals surface area contributed by atoms with Gasteiger partial charge in [0.15, 0.2) is 11.5 Å². The molecule has 0 spiro atoms. The fourth-order valence-electron chi connectivity index (χ4n) is 3.45. The molecule has 0 bridgehead atoms. The molecule has 0 unspecified atom stereocenters. The number of benzene rings is 3. The third-order valence-electron chi connectivity index (χ3n) is 5.39. The summed E-state index contributed by atoms with van der Waals surface area (Å²) >= 11 is 0. The van der Waals surface area contributed by atoms with Crippen molar-refractivity contribution in [2.45, 2.75) is 26.9 Å². The summed E-state index contributed by atoms with van der Waals surface area (Å²) in [5, 5.41) is -0.183. The molecule has 4 rings (SSSR count). The van der Waals surface area contributed by atoms with Crippen molar-refractivity contribution in [3.05, 3.63) is 93.3 Å². The smallest absolute Gasteiger partial charge is 0.453 e. The van der Waals surface area contributed by atoms with Crippen molar-refractivity contribution < 1.29 is 36.6 Å². The van der Waals surface area contributed by atoms with Crippen LogP contribution < -0.4 is 19.6 Å². The van der Waals surface area contributed by atoms with Gasteiger partial charge in [0.25, 0.3) is 5.76 Å². The first kappa shape index (κ1) is 24.8. The molecule has 0 aliphatic heterocycles. The lowest BCUT2D eigenvalue weighted by molar-refractivity contribution is -0.154. The fraction of sp³-hybridized carbons (Fsp3) is 0.185. The molecule has 0 aliphatic carbocycles. The average Bonchev–Trinajstić information content (AvgIpc) is 2.83. The van der Waals surface area contributed by atoms with E-state index in [2.05, 4.69) is 0 Å². The Morgan fingerprint density at radius 3 is 2.33 bits per heavy atom. The van der Waals surface area contributed by atoms with E-state index in [4.69, 9.17) is 18.6 Å². The number of hydrogen-bond donors (Lipinski definition) is 0. The van der Waals surface area contributed by atoms with Crippen molar-refractivity contribution in [1.82, 2.24) is 0 Å². The molecule has 0 fully saturated rings. The quantitative estimate of drug-likeness (QED) is 0.214. The van der Waals surface area contributed by atoms with Gasteiger partial charge in [-0.15, -0.1) is 0 Å². The van der Waals surface area contributed by atoms with Crippen LogP contribution in [0.15, 0.2) is 69.9 Å². The maximum atomic E-state index is 13.9. The van der Waals surface area contributed by atoms with Gasteiger partial charge in [0.2, 0.25) is 11.2 Å². The standard InChI is InChI=1S/C27H21F3O6/c1-4-33-20-7-5-6-8-21(20)35-24-23(31)19-12-11-18(14-22(19)36-25(24)27(28,29)30)34-26(32)17-10-9-15(2)16(3)13-17/h5-14H,4H2,1-3H3. The van der Waals surface area contributed by atoms with E-state index in [0.717, 1.165) is 17.2 Å². The average molecular weight is 498 g/mol. The minimum atomic E-state index is -5.05. The van der Waals surface area contributed by atoms with Crippen LogP contribution in [0.2, 0.25) is 0 Å². The molecule has 1 aromatic heterocycles. The summed E-state index contributed by atoms with van der Waals surface area (Å²) in [5.41, 5.74) is 0.681. The number of halogens is 3. The third-order valence-corrected chi connectivity index (χ3v) is 5.39. The summed E-state index contributed by atoms with van der Waals surface area (Å²) < 4.78 is 62.8. The molecule has 0 saturated carbocycles. The molecule has 4 aromatic rings. The van der Waals surface area contributed by atoms with E-state index < -0.39 is 34.7 Å². The summed E-state index contributed by atoms with van der Waals surface area (Å²) in [6, 6.07) is 14.6. The summed E-state index contributed by atoms with van der Waals surface area (Å²) in [4.78, 5) is 25.6. The number of hydrogen-bond acceptors (Lipinski definition) is 6. The van der Waals surface area contributed by atoms with Crippen LogP contribution in [0.3, 0.4) is 0 Å². The van der Waals surface area contributed by atoms with Crippen molar-refractivity contribution in [3.63, 3.8) is 0 Å². The van der Waals surface area contributed by atoms with Crippen LogP contribution in [0.25, 0.3) is 11.0 Å². The Hall–Kier alpha value is -4.27. The highest BCUT2D eigenvalue weighted by Gasteiger charge is 2.40. The first-order valence-electron chi connectivity index (χ1n) is 11.0. The number of aryl methyl sites for hydroxylation is 2. The molecular formula is C27H21F3O6. The van der Waals surface area contributed by atoms with Gasteiger partial charge in [0.1, 0.15) is 11.3 Å². The van der Waals surface area contributed by atoms with Crippen molar-refractivity contribution in [1.29, 1.82) is 0 Å². The Morgan fingerprint density at radius 1 is 0.944 bits per heavy atom. The van der Waals surface area contributed by atoms with E-state index in [1.165, 1.54) is 30.3 Å². The minimum Gasteiger partial charge on any atom is -0.490 e. The maximum Gasteiger partial charge on any atom is 0.453 e. The van der Waals surface area contributed by atoms with Crippen LogP contribution in [-0.2, 0) is 6.18 Å². The van der Waals surface area contributed by atoms with Crippen LogP contribution in [-0.4, -0.2) is 12.6 Å². The molecule has 0 N–H and O–H groups in total. The van der Waals surface area contributed by atoms with E-state index >= 15 is 0 Å². The van der Waals surface area contributed by atoms with Crippen LogP contribution in [0, 0.1) is 13.8 Å². The predicted octanol–water partition coefficient (Wildman–Crippen LogP) is 6.84. The molecule has 0 atom stereocenters. The highest BCUT2D eigenvalue weighted by atomic mass is 19.4. The molecule has 3 aromatic carbocycles. The lowest BCUT2D eigenvalue weighted by atomic mass is 10.1. The number of esters is 1. The summed E-state index contributed by atoms with van der Waals surface area (Å²) in [6.45, 7) is 5.67. The second kappa shape index (κ2) is 9.77. The zero-order chi connectivity index (χ0) is 26.0. The summed E-state index contributed by atoms with van der Waals surface area (Å²) in [6.07, 6.45) is -5.05. The monoisotopic (exact) mass is 498 g/mol. The van der Waals surface area contributed by atoms with Crippen LogP contribution in [0.4, 0.5) is 13.2 Å². The van der Waals surface area contributed by atoms with Gasteiger partial charge < -0.3 is 18.6 Å². The Morgan fingerprint density at radius 2 is 1.67 bits per heavy atom. The lowest BCUT2D eigenvalue weighted by Gasteiger charge is -2.15. The number of fused-ring (bicyclic) bond motifs is 1. The van der Waals surface area contributed by atoms with Gasteiger partial charge in [-0.05, 0) is 68.3 Å². The second-order valence-electron chi connectivity index (χ2n) is 7.92. The van der Waals surface area contributed by atoms with Crippen molar-refractivity contribution in [3.8, 4) is 23.0 Å². The topological polar surface area (TPSA) is 75.0 Å². The fourth-order valence-corrected chi connectivity index (χ4v) is 3.45. The SMILES string of the molecule is CCOc1ccccc1Oc1c(C(F)(F)F)oc2cc(OC(=O)c3ccc(C)c(C)c3)ccc2c1=O. The lowest BCUT2D eigenvalue weighted by Crippen LogP contribution is -2.16. The number of carbonyl (C=O) groups excluding carboxylic acids is 1.